The predicted molar refractivity (Wildman–Crippen MR) is 104 cm³/mol. The quantitative estimate of drug-likeness (QED) is 0.845. The van der Waals surface area contributed by atoms with Crippen LogP contribution < -0.4 is 5.32 Å². The van der Waals surface area contributed by atoms with E-state index in [4.69, 9.17) is 11.6 Å². The smallest absolute Gasteiger partial charge is 0.242 e. The zero-order chi connectivity index (χ0) is 18.7. The molecule has 1 atom stereocenters. The zero-order valence-corrected chi connectivity index (χ0v) is 16.1. The summed E-state index contributed by atoms with van der Waals surface area (Å²) in [7, 11) is -3.58. The van der Waals surface area contributed by atoms with E-state index in [9.17, 15) is 13.2 Å². The van der Waals surface area contributed by atoms with E-state index in [2.05, 4.69) is 5.32 Å². The van der Waals surface area contributed by atoms with Crippen molar-refractivity contribution in [2.75, 3.05) is 11.9 Å². The number of benzene rings is 2. The van der Waals surface area contributed by atoms with Gasteiger partial charge in [0, 0.05) is 17.3 Å². The first-order valence-corrected chi connectivity index (χ1v) is 10.5. The van der Waals surface area contributed by atoms with Crippen molar-refractivity contribution < 1.29 is 13.2 Å². The molecule has 3 rings (SSSR count). The second-order valence-corrected chi connectivity index (χ2v) is 8.81. The first-order valence-electron chi connectivity index (χ1n) is 8.47. The number of hydrogen-bond donors (Lipinski definition) is 1. The molecule has 0 radical (unpaired) electrons. The van der Waals surface area contributed by atoms with Gasteiger partial charge < -0.3 is 5.32 Å². The van der Waals surface area contributed by atoms with Crippen LogP contribution in [-0.4, -0.2) is 31.2 Å². The van der Waals surface area contributed by atoms with E-state index in [1.54, 1.807) is 24.3 Å². The van der Waals surface area contributed by atoms with Gasteiger partial charge in [-0.1, -0.05) is 35.9 Å². The van der Waals surface area contributed by atoms with E-state index in [-0.39, 0.29) is 11.7 Å². The molecule has 0 aromatic heterocycles. The lowest BCUT2D eigenvalue weighted by molar-refractivity contribution is -0.119. The van der Waals surface area contributed by atoms with Gasteiger partial charge in [-0.2, -0.15) is 4.31 Å². The second kappa shape index (κ2) is 7.78. The number of hydrogen-bond acceptors (Lipinski definition) is 3. The van der Waals surface area contributed by atoms with E-state index < -0.39 is 16.1 Å². The van der Waals surface area contributed by atoms with Crippen molar-refractivity contribution in [1.29, 1.82) is 0 Å². The third-order valence-corrected chi connectivity index (χ3v) is 6.65. The average Bonchev–Trinajstić information content (AvgIpc) is 3.10. The minimum Gasteiger partial charge on any atom is -0.325 e. The Morgan fingerprint density at radius 1 is 1.19 bits per heavy atom. The molecule has 1 saturated heterocycles. The second-order valence-electron chi connectivity index (χ2n) is 6.45. The summed E-state index contributed by atoms with van der Waals surface area (Å²) in [6.45, 7) is 2.26. The number of halogens is 1. The molecule has 1 N–H and O–H groups in total. The van der Waals surface area contributed by atoms with Gasteiger partial charge in [0.2, 0.25) is 15.9 Å². The summed E-state index contributed by atoms with van der Waals surface area (Å²) in [4.78, 5) is 12.6. The fraction of sp³-hybridized carbons (Fsp3) is 0.316. The van der Waals surface area contributed by atoms with Crippen molar-refractivity contribution in [1.82, 2.24) is 4.31 Å². The largest absolute Gasteiger partial charge is 0.325 e. The number of sulfonamides is 1. The molecule has 0 saturated carbocycles. The zero-order valence-electron chi connectivity index (χ0n) is 14.5. The molecule has 2 aromatic rings. The summed E-state index contributed by atoms with van der Waals surface area (Å²) >= 11 is 5.85. The van der Waals surface area contributed by atoms with Gasteiger partial charge >= 0.3 is 0 Å². The van der Waals surface area contributed by atoms with E-state index >= 15 is 0 Å². The molecule has 0 bridgehead atoms. The Labute approximate surface area is 159 Å². The summed E-state index contributed by atoms with van der Waals surface area (Å²) in [5.41, 5.74) is 2.29. The van der Waals surface area contributed by atoms with Crippen molar-refractivity contribution in [3.8, 4) is 0 Å². The van der Waals surface area contributed by atoms with Crippen LogP contribution in [0.2, 0.25) is 5.02 Å². The first kappa shape index (κ1) is 18.9. The van der Waals surface area contributed by atoms with E-state index in [0.29, 0.717) is 30.1 Å². The molecule has 26 heavy (non-hydrogen) atoms. The number of carbonyl (C=O) groups excluding carboxylic acids is 1. The molecule has 1 fully saturated rings. The Morgan fingerprint density at radius 2 is 1.88 bits per heavy atom. The highest BCUT2D eigenvalue weighted by atomic mass is 35.5. The lowest BCUT2D eigenvalue weighted by Gasteiger charge is -2.23. The molecule has 0 aliphatic carbocycles. The topological polar surface area (TPSA) is 66.5 Å². The van der Waals surface area contributed by atoms with Crippen LogP contribution in [0.15, 0.2) is 48.5 Å². The molecule has 1 amide bonds. The summed E-state index contributed by atoms with van der Waals surface area (Å²) in [5.74, 6) is -0.400. The third kappa shape index (κ3) is 4.26. The van der Waals surface area contributed by atoms with Crippen LogP contribution in [0.1, 0.15) is 24.0 Å². The van der Waals surface area contributed by atoms with Gasteiger partial charge in [0.15, 0.2) is 0 Å². The molecule has 2 aromatic carbocycles. The number of anilines is 1. The van der Waals surface area contributed by atoms with Gasteiger partial charge in [-0.3, -0.25) is 4.79 Å². The molecular formula is C19H21ClN2O3S. The van der Waals surface area contributed by atoms with Crippen molar-refractivity contribution >= 4 is 33.2 Å². The van der Waals surface area contributed by atoms with Crippen LogP contribution >= 0.6 is 11.6 Å². The number of amides is 1. The van der Waals surface area contributed by atoms with Crippen LogP contribution in [-0.2, 0) is 20.6 Å². The van der Waals surface area contributed by atoms with Crippen molar-refractivity contribution in [2.45, 2.75) is 31.6 Å². The van der Waals surface area contributed by atoms with Gasteiger partial charge in [-0.05, 0) is 55.2 Å². The summed E-state index contributed by atoms with van der Waals surface area (Å²) in [6.07, 6.45) is 1.19. The number of nitrogens with one attached hydrogen (secondary N) is 1. The molecule has 1 aliphatic rings. The Balaban J connectivity index is 1.75. The Kier molecular flexibility index (Phi) is 5.65. The highest BCUT2D eigenvalue weighted by Crippen LogP contribution is 2.26. The monoisotopic (exact) mass is 392 g/mol. The Bertz CT molecular complexity index is 897. The number of carbonyl (C=O) groups is 1. The minimum atomic E-state index is -3.58. The van der Waals surface area contributed by atoms with Crippen molar-refractivity contribution in [2.24, 2.45) is 0 Å². The molecule has 1 heterocycles. The lowest BCUT2D eigenvalue weighted by atomic mass is 10.1. The SMILES string of the molecule is Cc1ccccc1CS(=O)(=O)N1CCC[C@@H]1C(=O)Nc1ccc(Cl)cc1. The van der Waals surface area contributed by atoms with E-state index in [1.807, 2.05) is 31.2 Å². The van der Waals surface area contributed by atoms with Gasteiger partial charge in [0.1, 0.15) is 6.04 Å². The molecule has 0 spiro atoms. The van der Waals surface area contributed by atoms with Gasteiger partial charge in [0.05, 0.1) is 5.75 Å². The van der Waals surface area contributed by atoms with Crippen molar-refractivity contribution in [3.05, 3.63) is 64.7 Å². The van der Waals surface area contributed by atoms with Crippen LogP contribution in [0.4, 0.5) is 5.69 Å². The molecule has 5 nitrogen and oxygen atoms in total. The minimum absolute atomic E-state index is 0.0929. The maximum Gasteiger partial charge on any atom is 0.242 e. The van der Waals surface area contributed by atoms with Gasteiger partial charge in [-0.25, -0.2) is 8.42 Å². The maximum atomic E-state index is 12.9. The fourth-order valence-corrected chi connectivity index (χ4v) is 5.15. The fourth-order valence-electron chi connectivity index (χ4n) is 3.15. The molecule has 0 unspecified atom stereocenters. The van der Waals surface area contributed by atoms with Gasteiger partial charge in [0.25, 0.3) is 0 Å². The summed E-state index contributed by atoms with van der Waals surface area (Å²) in [6, 6.07) is 13.5. The first-order chi connectivity index (χ1) is 12.4. The molecule has 7 heteroatoms. The average molecular weight is 393 g/mol. The highest BCUT2D eigenvalue weighted by molar-refractivity contribution is 7.88. The predicted octanol–water partition coefficient (Wildman–Crippen LogP) is 3.58. The normalized spacial score (nSPS) is 18.0. The van der Waals surface area contributed by atoms with Crippen LogP contribution in [0.25, 0.3) is 0 Å². The highest BCUT2D eigenvalue weighted by Gasteiger charge is 2.38. The molecular weight excluding hydrogens is 372 g/mol. The molecule has 138 valence electrons. The van der Waals surface area contributed by atoms with E-state index in [0.717, 1.165) is 11.1 Å². The standard InChI is InChI=1S/C19H21ClN2O3S/c1-14-5-2-3-6-15(14)13-26(24,25)22-12-4-7-18(22)19(23)21-17-10-8-16(20)9-11-17/h2-3,5-6,8-11,18H,4,7,12-13H2,1H3,(H,21,23)/t18-/m1/s1. The molecule has 1 aliphatic heterocycles. The maximum absolute atomic E-state index is 12.9. The van der Waals surface area contributed by atoms with Crippen LogP contribution in [0, 0.1) is 6.92 Å². The summed E-state index contributed by atoms with van der Waals surface area (Å²) in [5, 5.41) is 3.36. The van der Waals surface area contributed by atoms with Crippen LogP contribution in [0.3, 0.4) is 0 Å². The number of nitrogens with zero attached hydrogens (tertiary/aromatic N) is 1. The Morgan fingerprint density at radius 3 is 2.58 bits per heavy atom. The number of aryl methyl sites for hydroxylation is 1. The Hall–Kier alpha value is -1.89. The number of rotatable bonds is 5. The third-order valence-electron chi connectivity index (χ3n) is 4.57. The van der Waals surface area contributed by atoms with Crippen LogP contribution in [0.5, 0.6) is 0 Å². The van der Waals surface area contributed by atoms with E-state index in [1.165, 1.54) is 4.31 Å². The summed E-state index contributed by atoms with van der Waals surface area (Å²) < 4.78 is 27.1. The van der Waals surface area contributed by atoms with Crippen molar-refractivity contribution in [3.63, 3.8) is 0 Å². The lowest BCUT2D eigenvalue weighted by Crippen LogP contribution is -2.43. The van der Waals surface area contributed by atoms with Gasteiger partial charge in [-0.15, -0.1) is 0 Å².